The van der Waals surface area contributed by atoms with Gasteiger partial charge in [0.1, 0.15) is 5.75 Å². The molecule has 1 N–H and O–H groups in total. The Morgan fingerprint density at radius 1 is 1.13 bits per heavy atom. The average molecular weight is 330 g/mol. The minimum absolute atomic E-state index is 0.0178. The molecule has 3 rings (SSSR count). The summed E-state index contributed by atoms with van der Waals surface area (Å²) in [6, 6.07) is 13.9. The molecule has 0 bridgehead atoms. The molecule has 0 aliphatic carbocycles. The van der Waals surface area contributed by atoms with Crippen molar-refractivity contribution in [3.8, 4) is 17.2 Å². The highest BCUT2D eigenvalue weighted by molar-refractivity contribution is 6.33. The van der Waals surface area contributed by atoms with Crippen molar-refractivity contribution in [2.24, 2.45) is 0 Å². The molecule has 0 saturated heterocycles. The quantitative estimate of drug-likeness (QED) is 0.790. The fourth-order valence-corrected chi connectivity index (χ4v) is 2.23. The number of ether oxygens (including phenoxy) is 1. The number of anilines is 1. The van der Waals surface area contributed by atoms with Crippen LogP contribution in [0.25, 0.3) is 11.5 Å². The summed E-state index contributed by atoms with van der Waals surface area (Å²) in [7, 11) is 1.49. The summed E-state index contributed by atoms with van der Waals surface area (Å²) in [5.74, 6) is 0.276. The zero-order valence-corrected chi connectivity index (χ0v) is 12.9. The third-order valence-electron chi connectivity index (χ3n) is 3.10. The molecule has 0 atom stereocenters. The molecule has 0 unspecified atom stereocenters. The number of rotatable bonds is 4. The molecule has 0 aliphatic rings. The van der Waals surface area contributed by atoms with E-state index in [4.69, 9.17) is 20.8 Å². The van der Waals surface area contributed by atoms with Crippen LogP contribution in [0.4, 0.5) is 6.01 Å². The van der Waals surface area contributed by atoms with Crippen LogP contribution in [0.2, 0.25) is 5.02 Å². The number of nitrogens with zero attached hydrogens (tertiary/aromatic N) is 2. The standard InChI is InChI=1S/C16H12ClN3O3/c1-22-13-9-5-3-7-11(13)14(21)18-16-20-19-15(23-16)10-6-2-4-8-12(10)17/h2-9H,1H3,(H,18,20,21). The molecular weight excluding hydrogens is 318 g/mol. The van der Waals surface area contributed by atoms with Crippen LogP contribution >= 0.6 is 11.6 Å². The number of hydrogen-bond donors (Lipinski definition) is 1. The smallest absolute Gasteiger partial charge is 0.322 e. The Balaban J connectivity index is 1.82. The summed E-state index contributed by atoms with van der Waals surface area (Å²) < 4.78 is 10.6. The molecule has 1 heterocycles. The van der Waals surface area contributed by atoms with E-state index in [1.807, 2.05) is 0 Å². The second-order valence-electron chi connectivity index (χ2n) is 4.55. The van der Waals surface area contributed by atoms with E-state index in [1.54, 1.807) is 48.5 Å². The van der Waals surface area contributed by atoms with Crippen LogP contribution in [0.5, 0.6) is 5.75 Å². The minimum atomic E-state index is -0.406. The molecule has 0 radical (unpaired) electrons. The maximum absolute atomic E-state index is 12.3. The van der Waals surface area contributed by atoms with Gasteiger partial charge in [-0.25, -0.2) is 0 Å². The second kappa shape index (κ2) is 6.50. The maximum atomic E-state index is 12.3. The van der Waals surface area contributed by atoms with Gasteiger partial charge in [0.05, 0.1) is 23.3 Å². The van der Waals surface area contributed by atoms with Gasteiger partial charge >= 0.3 is 6.01 Å². The van der Waals surface area contributed by atoms with Gasteiger partial charge < -0.3 is 9.15 Å². The number of para-hydroxylation sites is 1. The van der Waals surface area contributed by atoms with Gasteiger partial charge in [0.2, 0.25) is 0 Å². The summed E-state index contributed by atoms with van der Waals surface area (Å²) in [5, 5.41) is 10.7. The molecule has 116 valence electrons. The maximum Gasteiger partial charge on any atom is 0.322 e. The van der Waals surface area contributed by atoms with Crippen LogP contribution in [0.3, 0.4) is 0 Å². The Bertz CT molecular complexity index is 848. The fourth-order valence-electron chi connectivity index (χ4n) is 2.01. The van der Waals surface area contributed by atoms with Crippen LogP contribution < -0.4 is 10.1 Å². The molecule has 3 aromatic rings. The van der Waals surface area contributed by atoms with Gasteiger partial charge in [0.15, 0.2) is 0 Å². The van der Waals surface area contributed by atoms with Crippen LogP contribution in [-0.2, 0) is 0 Å². The lowest BCUT2D eigenvalue weighted by Crippen LogP contribution is -2.13. The molecule has 0 fully saturated rings. The SMILES string of the molecule is COc1ccccc1C(=O)Nc1nnc(-c2ccccc2Cl)o1. The fraction of sp³-hybridized carbons (Fsp3) is 0.0625. The van der Waals surface area contributed by atoms with E-state index in [0.717, 1.165) is 0 Å². The Hall–Kier alpha value is -2.86. The molecule has 1 amide bonds. The lowest BCUT2D eigenvalue weighted by atomic mass is 10.2. The van der Waals surface area contributed by atoms with Crippen LogP contribution in [0, 0.1) is 0 Å². The molecule has 6 nitrogen and oxygen atoms in total. The average Bonchev–Trinajstić information content (AvgIpc) is 3.03. The Labute approximate surface area is 137 Å². The molecule has 0 aliphatic heterocycles. The molecule has 2 aromatic carbocycles. The first-order valence-corrected chi connectivity index (χ1v) is 7.09. The van der Waals surface area contributed by atoms with Crippen molar-refractivity contribution in [1.29, 1.82) is 0 Å². The lowest BCUT2D eigenvalue weighted by molar-refractivity contribution is 0.102. The van der Waals surface area contributed by atoms with Crippen molar-refractivity contribution in [2.75, 3.05) is 12.4 Å². The monoisotopic (exact) mass is 329 g/mol. The van der Waals surface area contributed by atoms with Crippen molar-refractivity contribution >= 4 is 23.5 Å². The Kier molecular flexibility index (Phi) is 4.25. The van der Waals surface area contributed by atoms with Gasteiger partial charge in [-0.2, -0.15) is 0 Å². The zero-order chi connectivity index (χ0) is 16.2. The third-order valence-corrected chi connectivity index (χ3v) is 3.43. The summed E-state index contributed by atoms with van der Waals surface area (Å²) in [6.45, 7) is 0. The number of carbonyl (C=O) groups excluding carboxylic acids is 1. The minimum Gasteiger partial charge on any atom is -0.496 e. The summed E-state index contributed by atoms with van der Waals surface area (Å²) >= 11 is 6.08. The van der Waals surface area contributed by atoms with Crippen molar-refractivity contribution < 1.29 is 13.9 Å². The number of benzene rings is 2. The number of aromatic nitrogens is 2. The highest BCUT2D eigenvalue weighted by Crippen LogP contribution is 2.27. The zero-order valence-electron chi connectivity index (χ0n) is 12.1. The van der Waals surface area contributed by atoms with E-state index >= 15 is 0 Å². The predicted octanol–water partition coefficient (Wildman–Crippen LogP) is 3.65. The normalized spacial score (nSPS) is 10.3. The topological polar surface area (TPSA) is 77.2 Å². The van der Waals surface area contributed by atoms with Crippen LogP contribution in [0.1, 0.15) is 10.4 Å². The van der Waals surface area contributed by atoms with E-state index in [-0.39, 0.29) is 11.9 Å². The van der Waals surface area contributed by atoms with E-state index in [2.05, 4.69) is 15.5 Å². The van der Waals surface area contributed by atoms with E-state index < -0.39 is 5.91 Å². The Morgan fingerprint density at radius 3 is 2.65 bits per heavy atom. The van der Waals surface area contributed by atoms with Gasteiger partial charge in [-0.1, -0.05) is 41.0 Å². The number of amides is 1. The number of nitrogens with one attached hydrogen (secondary N) is 1. The first-order valence-electron chi connectivity index (χ1n) is 6.72. The molecule has 23 heavy (non-hydrogen) atoms. The van der Waals surface area contributed by atoms with Gasteiger partial charge in [-0.15, -0.1) is 5.10 Å². The van der Waals surface area contributed by atoms with Crippen molar-refractivity contribution in [2.45, 2.75) is 0 Å². The third kappa shape index (κ3) is 3.17. The van der Waals surface area contributed by atoms with Gasteiger partial charge in [-0.3, -0.25) is 10.1 Å². The van der Waals surface area contributed by atoms with Crippen LogP contribution in [-0.4, -0.2) is 23.2 Å². The number of halogens is 1. The highest BCUT2D eigenvalue weighted by Gasteiger charge is 2.16. The Morgan fingerprint density at radius 2 is 1.87 bits per heavy atom. The number of hydrogen-bond acceptors (Lipinski definition) is 5. The second-order valence-corrected chi connectivity index (χ2v) is 4.95. The van der Waals surface area contributed by atoms with Crippen molar-refractivity contribution in [3.63, 3.8) is 0 Å². The first-order chi connectivity index (χ1) is 11.2. The largest absolute Gasteiger partial charge is 0.496 e. The van der Waals surface area contributed by atoms with Crippen LogP contribution in [0.15, 0.2) is 52.9 Å². The predicted molar refractivity (Wildman–Crippen MR) is 85.7 cm³/mol. The van der Waals surface area contributed by atoms with Gasteiger partial charge in [0, 0.05) is 0 Å². The molecular formula is C16H12ClN3O3. The first kappa shape index (κ1) is 15.1. The van der Waals surface area contributed by atoms with Gasteiger partial charge in [0.25, 0.3) is 11.8 Å². The molecule has 7 heteroatoms. The van der Waals surface area contributed by atoms with E-state index in [9.17, 15) is 4.79 Å². The summed E-state index contributed by atoms with van der Waals surface area (Å²) in [6.07, 6.45) is 0. The van der Waals surface area contributed by atoms with E-state index in [0.29, 0.717) is 21.9 Å². The highest BCUT2D eigenvalue weighted by atomic mass is 35.5. The number of methoxy groups -OCH3 is 1. The summed E-state index contributed by atoms with van der Waals surface area (Å²) in [4.78, 5) is 12.3. The van der Waals surface area contributed by atoms with Crippen molar-refractivity contribution in [1.82, 2.24) is 10.2 Å². The molecule has 0 spiro atoms. The van der Waals surface area contributed by atoms with E-state index in [1.165, 1.54) is 7.11 Å². The summed E-state index contributed by atoms with van der Waals surface area (Å²) in [5.41, 5.74) is 0.965. The number of carbonyl (C=O) groups is 1. The molecule has 1 aromatic heterocycles. The van der Waals surface area contributed by atoms with Crippen molar-refractivity contribution in [3.05, 3.63) is 59.1 Å². The molecule has 0 saturated carbocycles. The lowest BCUT2D eigenvalue weighted by Gasteiger charge is -2.06. The van der Waals surface area contributed by atoms with Gasteiger partial charge in [-0.05, 0) is 24.3 Å².